The molecule has 1 aliphatic rings. The fourth-order valence-electron chi connectivity index (χ4n) is 3.79. The van der Waals surface area contributed by atoms with Crippen molar-refractivity contribution in [1.82, 2.24) is 15.2 Å². The molecule has 5 rings (SSSR count). The Bertz CT molecular complexity index is 1220. The van der Waals surface area contributed by atoms with Gasteiger partial charge in [0.15, 0.2) is 11.5 Å². The quantitative estimate of drug-likeness (QED) is 0.524. The first-order valence-corrected chi connectivity index (χ1v) is 10.4. The number of nitrogens with zero attached hydrogens (tertiary/aromatic N) is 2. The molecule has 0 bridgehead atoms. The van der Waals surface area contributed by atoms with Gasteiger partial charge in [-0.05, 0) is 48.5 Å². The number of carbonyl (C=O) groups excluding carboxylic acids is 2. The molecule has 1 atom stereocenters. The highest BCUT2D eigenvalue weighted by atomic mass is 16.5. The Kier molecular flexibility index (Phi) is 5.29. The minimum atomic E-state index is -0.690. The molecule has 160 valence electrons. The summed E-state index contributed by atoms with van der Waals surface area (Å²) in [5.74, 6) is 1.35. The van der Waals surface area contributed by atoms with Crippen LogP contribution in [0.3, 0.4) is 0 Å². The highest BCUT2D eigenvalue weighted by molar-refractivity contribution is 5.98. The van der Waals surface area contributed by atoms with E-state index in [4.69, 9.17) is 9.15 Å². The molecule has 7 nitrogen and oxygen atoms in total. The van der Waals surface area contributed by atoms with Crippen LogP contribution in [0.25, 0.3) is 11.1 Å². The maximum absolute atomic E-state index is 13.2. The van der Waals surface area contributed by atoms with Crippen molar-refractivity contribution in [1.29, 1.82) is 0 Å². The summed E-state index contributed by atoms with van der Waals surface area (Å²) >= 11 is 0. The van der Waals surface area contributed by atoms with E-state index in [2.05, 4.69) is 10.3 Å². The van der Waals surface area contributed by atoms with E-state index < -0.39 is 6.04 Å². The van der Waals surface area contributed by atoms with Crippen LogP contribution in [-0.4, -0.2) is 40.8 Å². The van der Waals surface area contributed by atoms with Crippen molar-refractivity contribution in [3.63, 3.8) is 0 Å². The summed E-state index contributed by atoms with van der Waals surface area (Å²) in [6.07, 6.45) is 0.210. The predicted molar refractivity (Wildman–Crippen MR) is 119 cm³/mol. The summed E-state index contributed by atoms with van der Waals surface area (Å²) in [6.45, 7) is 0.821. The fourth-order valence-corrected chi connectivity index (χ4v) is 3.79. The molecule has 3 aromatic carbocycles. The van der Waals surface area contributed by atoms with Crippen molar-refractivity contribution in [2.24, 2.45) is 0 Å². The molecule has 0 spiro atoms. The van der Waals surface area contributed by atoms with Gasteiger partial charge < -0.3 is 19.4 Å². The lowest BCUT2D eigenvalue weighted by Crippen LogP contribution is -2.58. The van der Waals surface area contributed by atoms with Crippen LogP contribution in [0.5, 0.6) is 11.5 Å². The number of para-hydroxylation sites is 3. The first-order valence-electron chi connectivity index (χ1n) is 10.4. The first-order chi connectivity index (χ1) is 15.7. The number of nitrogens with one attached hydrogen (secondary N) is 1. The lowest BCUT2D eigenvalue weighted by molar-refractivity contribution is -0.127. The highest BCUT2D eigenvalue weighted by Gasteiger charge is 2.35. The number of hydrogen-bond acceptors (Lipinski definition) is 5. The van der Waals surface area contributed by atoms with Gasteiger partial charge in [-0.2, -0.15) is 0 Å². The molecule has 32 heavy (non-hydrogen) atoms. The number of benzene rings is 3. The smallest absolute Gasteiger partial charge is 0.254 e. The van der Waals surface area contributed by atoms with Gasteiger partial charge in [0.25, 0.3) is 5.91 Å². The lowest BCUT2D eigenvalue weighted by Gasteiger charge is -2.34. The van der Waals surface area contributed by atoms with Crippen molar-refractivity contribution in [2.45, 2.75) is 12.5 Å². The van der Waals surface area contributed by atoms with Crippen molar-refractivity contribution < 1.29 is 18.7 Å². The Labute approximate surface area is 184 Å². The topological polar surface area (TPSA) is 84.7 Å². The third kappa shape index (κ3) is 4.05. The Morgan fingerprint density at radius 3 is 2.50 bits per heavy atom. The number of piperazine rings is 1. The Balaban J connectivity index is 1.34. The molecule has 4 aromatic rings. The molecule has 2 heterocycles. The van der Waals surface area contributed by atoms with Crippen LogP contribution >= 0.6 is 0 Å². The van der Waals surface area contributed by atoms with E-state index in [-0.39, 0.29) is 18.2 Å². The summed E-state index contributed by atoms with van der Waals surface area (Å²) < 4.78 is 11.6. The van der Waals surface area contributed by atoms with Gasteiger partial charge in [0, 0.05) is 18.7 Å². The van der Waals surface area contributed by atoms with Crippen LogP contribution in [0.4, 0.5) is 0 Å². The average Bonchev–Trinajstić information content (AvgIpc) is 3.24. The van der Waals surface area contributed by atoms with Gasteiger partial charge in [0.1, 0.15) is 23.1 Å². The normalized spacial score (nSPS) is 16.1. The molecule has 1 saturated heterocycles. The van der Waals surface area contributed by atoms with Gasteiger partial charge >= 0.3 is 0 Å². The second-order valence-corrected chi connectivity index (χ2v) is 7.52. The Morgan fingerprint density at radius 1 is 1.00 bits per heavy atom. The number of hydrogen-bond donors (Lipinski definition) is 1. The van der Waals surface area contributed by atoms with Gasteiger partial charge in [-0.15, -0.1) is 0 Å². The molecule has 7 heteroatoms. The number of amides is 2. The molecule has 0 saturated carbocycles. The van der Waals surface area contributed by atoms with Crippen LogP contribution < -0.4 is 10.1 Å². The average molecular weight is 427 g/mol. The number of aromatic nitrogens is 1. The molecule has 1 fully saturated rings. The zero-order valence-electron chi connectivity index (χ0n) is 17.2. The van der Waals surface area contributed by atoms with E-state index in [0.717, 1.165) is 11.3 Å². The summed E-state index contributed by atoms with van der Waals surface area (Å²) in [5, 5.41) is 2.84. The summed E-state index contributed by atoms with van der Waals surface area (Å²) in [6, 6.07) is 23.1. The molecule has 1 aliphatic heterocycles. The minimum absolute atomic E-state index is 0.210. The molecule has 0 unspecified atom stereocenters. The van der Waals surface area contributed by atoms with Crippen LogP contribution in [-0.2, 0) is 11.2 Å². The molecule has 1 aromatic heterocycles. The van der Waals surface area contributed by atoms with Gasteiger partial charge in [-0.1, -0.05) is 30.3 Å². The van der Waals surface area contributed by atoms with E-state index in [1.165, 1.54) is 0 Å². The fraction of sp³-hybridized carbons (Fsp3) is 0.160. The largest absolute Gasteiger partial charge is 0.457 e. The van der Waals surface area contributed by atoms with E-state index in [1.807, 2.05) is 54.6 Å². The van der Waals surface area contributed by atoms with Gasteiger partial charge in [0.2, 0.25) is 5.91 Å². The molecular weight excluding hydrogens is 406 g/mol. The number of carbonyl (C=O) groups is 2. The van der Waals surface area contributed by atoms with Crippen LogP contribution in [0, 0.1) is 0 Å². The van der Waals surface area contributed by atoms with E-state index in [9.17, 15) is 9.59 Å². The van der Waals surface area contributed by atoms with Crippen molar-refractivity contribution in [3.05, 3.63) is 90.3 Å². The van der Waals surface area contributed by atoms with Crippen molar-refractivity contribution in [3.8, 4) is 11.5 Å². The van der Waals surface area contributed by atoms with Crippen molar-refractivity contribution >= 4 is 22.9 Å². The standard InChI is InChI=1S/C25H21N3O4/c29-24-21(16-23-27-20-8-4-5-9-22(20)32-23)28(15-14-26-24)25(30)17-10-12-19(13-11-17)31-18-6-2-1-3-7-18/h1-13,21H,14-16H2,(H,26,29)/t21-/m0/s1. The number of ether oxygens (including phenoxy) is 1. The lowest BCUT2D eigenvalue weighted by atomic mass is 10.1. The number of oxazole rings is 1. The van der Waals surface area contributed by atoms with Gasteiger partial charge in [-0.25, -0.2) is 4.98 Å². The minimum Gasteiger partial charge on any atom is -0.457 e. The van der Waals surface area contributed by atoms with Crippen LogP contribution in [0.1, 0.15) is 16.2 Å². The van der Waals surface area contributed by atoms with Crippen molar-refractivity contribution in [2.75, 3.05) is 13.1 Å². The maximum Gasteiger partial charge on any atom is 0.254 e. The van der Waals surface area contributed by atoms with E-state index in [1.54, 1.807) is 29.2 Å². The molecule has 2 amide bonds. The number of rotatable bonds is 5. The molecular formula is C25H21N3O4. The summed E-state index contributed by atoms with van der Waals surface area (Å²) in [5.41, 5.74) is 1.87. The molecule has 0 aliphatic carbocycles. The first kappa shape index (κ1) is 19.8. The highest BCUT2D eigenvalue weighted by Crippen LogP contribution is 2.23. The third-order valence-electron chi connectivity index (χ3n) is 5.38. The molecule has 0 radical (unpaired) electrons. The third-order valence-corrected chi connectivity index (χ3v) is 5.38. The summed E-state index contributed by atoms with van der Waals surface area (Å²) in [7, 11) is 0. The predicted octanol–water partition coefficient (Wildman–Crippen LogP) is 3.80. The van der Waals surface area contributed by atoms with Crippen LogP contribution in [0.2, 0.25) is 0 Å². The molecule has 1 N–H and O–H groups in total. The van der Waals surface area contributed by atoms with Gasteiger partial charge in [0.05, 0.1) is 6.42 Å². The zero-order valence-corrected chi connectivity index (χ0v) is 17.2. The van der Waals surface area contributed by atoms with Crippen LogP contribution in [0.15, 0.2) is 83.3 Å². The maximum atomic E-state index is 13.2. The second kappa shape index (κ2) is 8.55. The van der Waals surface area contributed by atoms with E-state index in [0.29, 0.717) is 35.9 Å². The monoisotopic (exact) mass is 427 g/mol. The zero-order chi connectivity index (χ0) is 21.9. The Morgan fingerprint density at radius 2 is 1.72 bits per heavy atom. The SMILES string of the molecule is O=C1NCCN(C(=O)c2ccc(Oc3ccccc3)cc2)[C@H]1Cc1nc2ccccc2o1. The summed E-state index contributed by atoms with van der Waals surface area (Å²) in [4.78, 5) is 31.9. The van der Waals surface area contributed by atoms with E-state index >= 15 is 0 Å². The Hall–Kier alpha value is -4.13. The number of fused-ring (bicyclic) bond motifs is 1. The van der Waals surface area contributed by atoms with Gasteiger partial charge in [-0.3, -0.25) is 9.59 Å². The second-order valence-electron chi connectivity index (χ2n) is 7.52.